The monoisotopic (exact) mass is 367 g/mol. The zero-order chi connectivity index (χ0) is 16.9. The molecule has 1 N–H and O–H groups in total. The van der Waals surface area contributed by atoms with Crippen LogP contribution in [0.4, 0.5) is 0 Å². The van der Waals surface area contributed by atoms with Gasteiger partial charge < -0.3 is 15.0 Å². The molecule has 2 aliphatic rings. The number of carbonyl (C=O) groups is 1. The highest BCUT2D eigenvalue weighted by Crippen LogP contribution is 2.25. The quantitative estimate of drug-likeness (QED) is 0.865. The van der Waals surface area contributed by atoms with Crippen LogP contribution >= 0.6 is 12.4 Å². The van der Waals surface area contributed by atoms with Gasteiger partial charge in [0, 0.05) is 51.7 Å². The van der Waals surface area contributed by atoms with Crippen LogP contribution < -0.4 is 10.1 Å². The molecule has 25 heavy (non-hydrogen) atoms. The second-order valence-corrected chi connectivity index (χ2v) is 6.95. The van der Waals surface area contributed by atoms with Crippen molar-refractivity contribution < 1.29 is 9.53 Å². The third-order valence-electron chi connectivity index (χ3n) is 5.33. The summed E-state index contributed by atoms with van der Waals surface area (Å²) >= 11 is 0. The summed E-state index contributed by atoms with van der Waals surface area (Å²) in [4.78, 5) is 17.3. The molecule has 5 nitrogen and oxygen atoms in total. The molecule has 0 bridgehead atoms. The lowest BCUT2D eigenvalue weighted by Gasteiger charge is -2.32. The van der Waals surface area contributed by atoms with E-state index in [1.165, 1.54) is 5.56 Å². The summed E-state index contributed by atoms with van der Waals surface area (Å²) in [5.74, 6) is 1.35. The number of methoxy groups -OCH3 is 1. The maximum absolute atomic E-state index is 12.7. The van der Waals surface area contributed by atoms with Crippen molar-refractivity contribution in [1.29, 1.82) is 0 Å². The second kappa shape index (κ2) is 9.41. The molecular weight excluding hydrogens is 338 g/mol. The Balaban J connectivity index is 0.00000225. The highest BCUT2D eigenvalue weighted by molar-refractivity contribution is 5.85. The van der Waals surface area contributed by atoms with Crippen LogP contribution in [0, 0.1) is 0 Å². The van der Waals surface area contributed by atoms with Crippen LogP contribution in [0.5, 0.6) is 5.75 Å². The molecule has 2 saturated heterocycles. The van der Waals surface area contributed by atoms with E-state index in [4.69, 9.17) is 4.74 Å². The van der Waals surface area contributed by atoms with Crippen LogP contribution in [0.15, 0.2) is 24.3 Å². The SMILES string of the molecule is COc1cccc(C(C)CC(=O)N2CCC(N3CCNCC3)C2)c1.Cl. The van der Waals surface area contributed by atoms with E-state index in [1.807, 2.05) is 18.2 Å². The van der Waals surface area contributed by atoms with Crippen molar-refractivity contribution in [3.8, 4) is 5.75 Å². The topological polar surface area (TPSA) is 44.8 Å². The van der Waals surface area contributed by atoms with Crippen molar-refractivity contribution >= 4 is 18.3 Å². The van der Waals surface area contributed by atoms with E-state index in [0.29, 0.717) is 12.5 Å². The molecule has 1 aromatic carbocycles. The van der Waals surface area contributed by atoms with E-state index in [-0.39, 0.29) is 24.2 Å². The van der Waals surface area contributed by atoms with Crippen LogP contribution in [0.1, 0.15) is 31.2 Å². The number of halogens is 1. The molecule has 0 spiro atoms. The smallest absolute Gasteiger partial charge is 0.223 e. The fraction of sp³-hybridized carbons (Fsp3) is 0.632. The molecule has 2 unspecified atom stereocenters. The van der Waals surface area contributed by atoms with Gasteiger partial charge in [-0.2, -0.15) is 0 Å². The number of piperazine rings is 1. The highest BCUT2D eigenvalue weighted by atomic mass is 35.5. The molecule has 140 valence electrons. The minimum Gasteiger partial charge on any atom is -0.497 e. The molecule has 2 aliphatic heterocycles. The molecule has 0 aromatic heterocycles. The number of carbonyl (C=O) groups excluding carboxylic acids is 1. The summed E-state index contributed by atoms with van der Waals surface area (Å²) in [6, 6.07) is 8.59. The summed E-state index contributed by atoms with van der Waals surface area (Å²) in [5.41, 5.74) is 1.17. The molecular formula is C19H30ClN3O2. The minimum absolute atomic E-state index is 0. The van der Waals surface area contributed by atoms with E-state index in [2.05, 4.69) is 28.1 Å². The van der Waals surface area contributed by atoms with Crippen molar-refractivity contribution in [3.05, 3.63) is 29.8 Å². The fourth-order valence-electron chi connectivity index (χ4n) is 3.77. The first-order chi connectivity index (χ1) is 11.7. The molecule has 1 aromatic rings. The van der Waals surface area contributed by atoms with E-state index in [0.717, 1.165) is 51.4 Å². The number of nitrogens with zero attached hydrogens (tertiary/aromatic N) is 2. The first-order valence-electron chi connectivity index (χ1n) is 9.04. The highest BCUT2D eigenvalue weighted by Gasteiger charge is 2.31. The first-order valence-corrected chi connectivity index (χ1v) is 9.04. The Kier molecular flexibility index (Phi) is 7.54. The molecule has 2 atom stereocenters. The molecule has 0 aliphatic carbocycles. The fourth-order valence-corrected chi connectivity index (χ4v) is 3.77. The molecule has 2 fully saturated rings. The van der Waals surface area contributed by atoms with Gasteiger partial charge in [0.05, 0.1) is 7.11 Å². The van der Waals surface area contributed by atoms with Gasteiger partial charge in [-0.05, 0) is 30.0 Å². The number of hydrogen-bond donors (Lipinski definition) is 1. The van der Waals surface area contributed by atoms with Gasteiger partial charge in [0.2, 0.25) is 5.91 Å². The second-order valence-electron chi connectivity index (χ2n) is 6.95. The number of benzene rings is 1. The van der Waals surface area contributed by atoms with E-state index < -0.39 is 0 Å². The lowest BCUT2D eigenvalue weighted by Crippen LogP contribution is -2.49. The Labute approximate surface area is 157 Å². The molecule has 3 rings (SSSR count). The van der Waals surface area contributed by atoms with Crippen LogP contribution in [0.3, 0.4) is 0 Å². The summed E-state index contributed by atoms with van der Waals surface area (Å²) < 4.78 is 5.29. The van der Waals surface area contributed by atoms with Crippen LogP contribution in [-0.4, -0.2) is 68.1 Å². The van der Waals surface area contributed by atoms with Crippen LogP contribution in [-0.2, 0) is 4.79 Å². The lowest BCUT2D eigenvalue weighted by molar-refractivity contribution is -0.130. The normalized spacial score (nSPS) is 22.3. The van der Waals surface area contributed by atoms with Gasteiger partial charge in [-0.15, -0.1) is 12.4 Å². The van der Waals surface area contributed by atoms with Gasteiger partial charge >= 0.3 is 0 Å². The Hall–Kier alpha value is -1.30. The minimum atomic E-state index is 0. The van der Waals surface area contributed by atoms with Gasteiger partial charge in [-0.1, -0.05) is 19.1 Å². The largest absolute Gasteiger partial charge is 0.497 e. The predicted molar refractivity (Wildman–Crippen MR) is 103 cm³/mol. The van der Waals surface area contributed by atoms with Crippen molar-refractivity contribution in [3.63, 3.8) is 0 Å². The van der Waals surface area contributed by atoms with Crippen LogP contribution in [0.25, 0.3) is 0 Å². The van der Waals surface area contributed by atoms with Crippen LogP contribution in [0.2, 0.25) is 0 Å². The lowest BCUT2D eigenvalue weighted by atomic mass is 9.97. The third-order valence-corrected chi connectivity index (χ3v) is 5.33. The number of likely N-dealkylation sites (tertiary alicyclic amines) is 1. The maximum Gasteiger partial charge on any atom is 0.223 e. The van der Waals surface area contributed by atoms with Crippen molar-refractivity contribution in [2.45, 2.75) is 31.7 Å². The van der Waals surface area contributed by atoms with Crippen molar-refractivity contribution in [2.75, 3.05) is 46.4 Å². The standard InChI is InChI=1S/C19H29N3O2.ClH/c1-15(16-4-3-5-18(13-16)24-2)12-19(23)22-9-6-17(14-22)21-10-7-20-8-11-21;/h3-5,13,15,17,20H,6-12,14H2,1-2H3;1H. The zero-order valence-corrected chi connectivity index (χ0v) is 16.1. The molecule has 0 saturated carbocycles. The van der Waals surface area contributed by atoms with Gasteiger partial charge in [0.1, 0.15) is 5.75 Å². The van der Waals surface area contributed by atoms with Gasteiger partial charge in [0.15, 0.2) is 0 Å². The number of hydrogen-bond acceptors (Lipinski definition) is 4. The zero-order valence-electron chi connectivity index (χ0n) is 15.2. The van der Waals surface area contributed by atoms with Crippen molar-refractivity contribution in [1.82, 2.24) is 15.1 Å². The Morgan fingerprint density at radius 1 is 1.32 bits per heavy atom. The van der Waals surface area contributed by atoms with E-state index in [9.17, 15) is 4.79 Å². The number of amides is 1. The van der Waals surface area contributed by atoms with E-state index in [1.54, 1.807) is 7.11 Å². The van der Waals surface area contributed by atoms with Gasteiger partial charge in [0.25, 0.3) is 0 Å². The maximum atomic E-state index is 12.7. The summed E-state index contributed by atoms with van der Waals surface area (Å²) in [5, 5.41) is 3.39. The Bertz CT molecular complexity index is 563. The number of ether oxygens (including phenoxy) is 1. The Morgan fingerprint density at radius 2 is 2.08 bits per heavy atom. The molecule has 0 radical (unpaired) electrons. The first kappa shape index (κ1) is 20.0. The third kappa shape index (κ3) is 5.09. The summed E-state index contributed by atoms with van der Waals surface area (Å²) in [7, 11) is 1.68. The van der Waals surface area contributed by atoms with Gasteiger partial charge in [-0.3, -0.25) is 9.69 Å². The molecule has 1 amide bonds. The molecule has 6 heteroatoms. The predicted octanol–water partition coefficient (Wildman–Crippen LogP) is 2.12. The number of nitrogens with one attached hydrogen (secondary N) is 1. The average Bonchev–Trinajstić information content (AvgIpc) is 3.13. The molecule has 2 heterocycles. The van der Waals surface area contributed by atoms with Gasteiger partial charge in [-0.25, -0.2) is 0 Å². The Morgan fingerprint density at radius 3 is 2.80 bits per heavy atom. The summed E-state index contributed by atoms with van der Waals surface area (Å²) in [6.07, 6.45) is 1.68. The average molecular weight is 368 g/mol. The van der Waals surface area contributed by atoms with E-state index >= 15 is 0 Å². The summed E-state index contributed by atoms with van der Waals surface area (Å²) in [6.45, 7) is 8.26. The van der Waals surface area contributed by atoms with Crippen molar-refractivity contribution in [2.24, 2.45) is 0 Å². The number of rotatable bonds is 5.